The summed E-state index contributed by atoms with van der Waals surface area (Å²) in [4.78, 5) is 12.6. The van der Waals surface area contributed by atoms with Gasteiger partial charge in [0.1, 0.15) is 0 Å². The van der Waals surface area contributed by atoms with Crippen LogP contribution >= 0.6 is 0 Å². The van der Waals surface area contributed by atoms with Gasteiger partial charge in [-0.3, -0.25) is 4.79 Å². The molecule has 1 rings (SSSR count). The standard InChI is InChI=1S/C12H17F2N3O/c1-16-10(18)5-6-17(2)9-4-3-8(7-15)11(13)12(9)14/h3-4H,5-7,15H2,1-2H3,(H,16,18). The van der Waals surface area contributed by atoms with Crippen molar-refractivity contribution in [2.75, 3.05) is 25.5 Å². The van der Waals surface area contributed by atoms with Crippen LogP contribution in [0.15, 0.2) is 12.1 Å². The first-order valence-corrected chi connectivity index (χ1v) is 5.60. The van der Waals surface area contributed by atoms with Crippen LogP contribution < -0.4 is 16.0 Å². The highest BCUT2D eigenvalue weighted by Gasteiger charge is 2.15. The van der Waals surface area contributed by atoms with Gasteiger partial charge in [0.15, 0.2) is 11.6 Å². The molecular weight excluding hydrogens is 240 g/mol. The predicted octanol–water partition coefficient (Wildman–Crippen LogP) is 0.996. The molecule has 0 atom stereocenters. The Morgan fingerprint density at radius 3 is 2.61 bits per heavy atom. The molecule has 0 aliphatic carbocycles. The monoisotopic (exact) mass is 257 g/mol. The summed E-state index contributed by atoms with van der Waals surface area (Å²) in [5.41, 5.74) is 5.54. The predicted molar refractivity (Wildman–Crippen MR) is 66.2 cm³/mol. The van der Waals surface area contributed by atoms with Crippen molar-refractivity contribution in [3.8, 4) is 0 Å². The van der Waals surface area contributed by atoms with Crippen molar-refractivity contribution in [3.05, 3.63) is 29.3 Å². The smallest absolute Gasteiger partial charge is 0.221 e. The van der Waals surface area contributed by atoms with E-state index in [1.54, 1.807) is 7.05 Å². The molecule has 0 aromatic heterocycles. The van der Waals surface area contributed by atoms with E-state index in [1.807, 2.05) is 0 Å². The van der Waals surface area contributed by atoms with Crippen LogP contribution in [0.4, 0.5) is 14.5 Å². The maximum absolute atomic E-state index is 13.7. The first kappa shape index (κ1) is 14.4. The van der Waals surface area contributed by atoms with Crippen molar-refractivity contribution in [3.63, 3.8) is 0 Å². The van der Waals surface area contributed by atoms with Crippen LogP contribution in [0.25, 0.3) is 0 Å². The maximum atomic E-state index is 13.7. The number of carbonyl (C=O) groups is 1. The van der Waals surface area contributed by atoms with E-state index in [2.05, 4.69) is 5.32 Å². The number of nitrogens with two attached hydrogens (primary N) is 1. The second-order valence-corrected chi connectivity index (χ2v) is 3.92. The van der Waals surface area contributed by atoms with Gasteiger partial charge in [-0.2, -0.15) is 0 Å². The van der Waals surface area contributed by atoms with Gasteiger partial charge in [-0.15, -0.1) is 0 Å². The Bertz CT molecular complexity index is 438. The van der Waals surface area contributed by atoms with E-state index in [9.17, 15) is 13.6 Å². The van der Waals surface area contributed by atoms with Gasteiger partial charge >= 0.3 is 0 Å². The van der Waals surface area contributed by atoms with Crippen molar-refractivity contribution in [2.45, 2.75) is 13.0 Å². The number of nitrogens with one attached hydrogen (secondary N) is 1. The zero-order valence-corrected chi connectivity index (χ0v) is 10.5. The summed E-state index contributed by atoms with van der Waals surface area (Å²) in [5, 5.41) is 2.47. The van der Waals surface area contributed by atoms with E-state index in [-0.39, 0.29) is 30.1 Å². The SMILES string of the molecule is CNC(=O)CCN(C)c1ccc(CN)c(F)c1F. The summed E-state index contributed by atoms with van der Waals surface area (Å²) in [5.74, 6) is -2.01. The third-order valence-corrected chi connectivity index (χ3v) is 2.73. The summed E-state index contributed by atoms with van der Waals surface area (Å²) < 4.78 is 27.3. The summed E-state index contributed by atoms with van der Waals surface area (Å²) in [6, 6.07) is 2.91. The molecule has 3 N–H and O–H groups in total. The fourth-order valence-electron chi connectivity index (χ4n) is 1.55. The van der Waals surface area contributed by atoms with E-state index >= 15 is 0 Å². The first-order valence-electron chi connectivity index (χ1n) is 5.60. The minimum absolute atomic E-state index is 0.0506. The molecule has 0 aliphatic rings. The molecule has 4 nitrogen and oxygen atoms in total. The number of amides is 1. The van der Waals surface area contributed by atoms with Crippen molar-refractivity contribution < 1.29 is 13.6 Å². The van der Waals surface area contributed by atoms with E-state index in [0.717, 1.165) is 0 Å². The van der Waals surface area contributed by atoms with Crippen LogP contribution in [-0.2, 0) is 11.3 Å². The molecule has 0 saturated heterocycles. The fourth-order valence-corrected chi connectivity index (χ4v) is 1.55. The molecule has 0 unspecified atom stereocenters. The zero-order chi connectivity index (χ0) is 13.7. The topological polar surface area (TPSA) is 58.4 Å². The molecule has 0 bridgehead atoms. The highest BCUT2D eigenvalue weighted by atomic mass is 19.2. The Kier molecular flexibility index (Phi) is 5.03. The molecule has 1 aromatic carbocycles. The minimum Gasteiger partial charge on any atom is -0.372 e. The average molecular weight is 257 g/mol. The molecule has 1 aromatic rings. The van der Waals surface area contributed by atoms with Crippen LogP contribution in [0.2, 0.25) is 0 Å². The second kappa shape index (κ2) is 6.30. The lowest BCUT2D eigenvalue weighted by Crippen LogP contribution is -2.27. The number of nitrogens with zero attached hydrogens (tertiary/aromatic N) is 1. The molecule has 0 fully saturated rings. The third kappa shape index (κ3) is 3.16. The van der Waals surface area contributed by atoms with Gasteiger partial charge < -0.3 is 16.0 Å². The van der Waals surface area contributed by atoms with Gasteiger partial charge in [0, 0.05) is 39.2 Å². The second-order valence-electron chi connectivity index (χ2n) is 3.92. The summed E-state index contributed by atoms with van der Waals surface area (Å²) in [7, 11) is 3.13. The molecule has 0 aliphatic heterocycles. The van der Waals surface area contributed by atoms with E-state index in [0.29, 0.717) is 6.54 Å². The van der Waals surface area contributed by atoms with Gasteiger partial charge in [0.2, 0.25) is 5.91 Å². The Balaban J connectivity index is 2.83. The van der Waals surface area contributed by atoms with Gasteiger partial charge in [-0.05, 0) is 6.07 Å². The molecule has 18 heavy (non-hydrogen) atoms. The highest BCUT2D eigenvalue weighted by molar-refractivity contribution is 5.76. The lowest BCUT2D eigenvalue weighted by Gasteiger charge is -2.20. The Morgan fingerprint density at radius 1 is 1.39 bits per heavy atom. The lowest BCUT2D eigenvalue weighted by atomic mass is 10.1. The molecule has 1 amide bonds. The quantitative estimate of drug-likeness (QED) is 0.827. The third-order valence-electron chi connectivity index (χ3n) is 2.73. The van der Waals surface area contributed by atoms with E-state index in [4.69, 9.17) is 5.73 Å². The van der Waals surface area contributed by atoms with Gasteiger partial charge in [0.05, 0.1) is 5.69 Å². The van der Waals surface area contributed by atoms with Crippen LogP contribution in [0.5, 0.6) is 0 Å². The van der Waals surface area contributed by atoms with Crippen LogP contribution in [0, 0.1) is 11.6 Å². The molecule has 0 spiro atoms. The van der Waals surface area contributed by atoms with Gasteiger partial charge in [-0.1, -0.05) is 6.07 Å². The number of rotatable bonds is 5. The van der Waals surface area contributed by atoms with Crippen molar-refractivity contribution in [2.24, 2.45) is 5.73 Å². The Hall–Kier alpha value is -1.69. The van der Waals surface area contributed by atoms with Crippen molar-refractivity contribution in [1.82, 2.24) is 5.32 Å². The normalized spacial score (nSPS) is 10.3. The number of carbonyl (C=O) groups excluding carboxylic acids is 1. The van der Waals surface area contributed by atoms with Gasteiger partial charge in [-0.25, -0.2) is 8.78 Å². The van der Waals surface area contributed by atoms with E-state index < -0.39 is 11.6 Å². The fraction of sp³-hybridized carbons (Fsp3) is 0.417. The van der Waals surface area contributed by atoms with Crippen LogP contribution in [0.1, 0.15) is 12.0 Å². The zero-order valence-electron chi connectivity index (χ0n) is 10.5. The molecule has 100 valence electrons. The molecule has 0 heterocycles. The number of hydrogen-bond donors (Lipinski definition) is 2. The minimum atomic E-state index is -0.933. The largest absolute Gasteiger partial charge is 0.372 e. The average Bonchev–Trinajstić information content (AvgIpc) is 2.38. The summed E-state index contributed by atoms with van der Waals surface area (Å²) in [6.07, 6.45) is 0.215. The molecule has 0 saturated carbocycles. The van der Waals surface area contributed by atoms with Gasteiger partial charge in [0.25, 0.3) is 0 Å². The van der Waals surface area contributed by atoms with Crippen molar-refractivity contribution in [1.29, 1.82) is 0 Å². The van der Waals surface area contributed by atoms with E-state index in [1.165, 1.54) is 24.1 Å². The number of benzene rings is 1. The first-order chi connectivity index (χ1) is 8.51. The van der Waals surface area contributed by atoms with Crippen molar-refractivity contribution >= 4 is 11.6 Å². The Morgan fingerprint density at radius 2 is 2.06 bits per heavy atom. The number of anilines is 1. The highest BCUT2D eigenvalue weighted by Crippen LogP contribution is 2.23. The summed E-state index contributed by atoms with van der Waals surface area (Å²) in [6.45, 7) is 0.253. The van der Waals surface area contributed by atoms with Crippen LogP contribution in [0.3, 0.4) is 0 Å². The molecular formula is C12H17F2N3O. The number of hydrogen-bond acceptors (Lipinski definition) is 3. The molecule has 0 radical (unpaired) electrons. The lowest BCUT2D eigenvalue weighted by molar-refractivity contribution is -0.120. The maximum Gasteiger partial charge on any atom is 0.221 e. The van der Waals surface area contributed by atoms with Crippen LogP contribution in [-0.4, -0.2) is 26.5 Å². The molecule has 6 heteroatoms. The Labute approximate surface area is 105 Å². The number of halogens is 2. The summed E-state index contributed by atoms with van der Waals surface area (Å²) >= 11 is 0.